The molecule has 0 radical (unpaired) electrons. The molecular formula is C16H14Cl2N2O3S. The van der Waals surface area contributed by atoms with E-state index >= 15 is 0 Å². The van der Waals surface area contributed by atoms with Crippen LogP contribution in [-0.2, 0) is 9.59 Å². The third-order valence-electron chi connectivity index (χ3n) is 3.89. The zero-order valence-electron chi connectivity index (χ0n) is 12.6. The van der Waals surface area contributed by atoms with Gasteiger partial charge in [0.05, 0.1) is 15.0 Å². The maximum absolute atomic E-state index is 12.4. The first-order chi connectivity index (χ1) is 11.5. The number of nitrogens with zero attached hydrogens (tertiary/aromatic N) is 2. The lowest BCUT2D eigenvalue weighted by atomic mass is 10.2. The highest BCUT2D eigenvalue weighted by molar-refractivity contribution is 8.18. The van der Waals surface area contributed by atoms with Crippen LogP contribution in [0.1, 0.15) is 18.4 Å². The Bertz CT molecular complexity index is 745. The van der Waals surface area contributed by atoms with E-state index in [-0.39, 0.29) is 17.4 Å². The molecule has 3 rings (SSSR count). The van der Waals surface area contributed by atoms with Crippen molar-refractivity contribution in [3.8, 4) is 0 Å². The summed E-state index contributed by atoms with van der Waals surface area (Å²) in [7, 11) is 0. The zero-order valence-corrected chi connectivity index (χ0v) is 15.0. The number of hydrogen-bond donors (Lipinski definition) is 0. The molecule has 0 N–H and O–H groups in total. The van der Waals surface area contributed by atoms with Gasteiger partial charge in [-0.3, -0.25) is 19.3 Å². The Morgan fingerprint density at radius 2 is 1.92 bits per heavy atom. The molecule has 1 aromatic carbocycles. The highest BCUT2D eigenvalue weighted by Crippen LogP contribution is 2.35. The van der Waals surface area contributed by atoms with Crippen molar-refractivity contribution in [3.63, 3.8) is 0 Å². The minimum Gasteiger partial charge on any atom is -0.341 e. The molecular weight excluding hydrogens is 371 g/mol. The fraction of sp³-hybridized carbons (Fsp3) is 0.312. The van der Waals surface area contributed by atoms with Crippen LogP contribution >= 0.6 is 35.0 Å². The van der Waals surface area contributed by atoms with E-state index < -0.39 is 11.1 Å². The Morgan fingerprint density at radius 3 is 2.62 bits per heavy atom. The van der Waals surface area contributed by atoms with Gasteiger partial charge in [-0.05, 0) is 42.3 Å². The number of hydrogen-bond acceptors (Lipinski definition) is 4. The Kier molecular flexibility index (Phi) is 5.18. The van der Waals surface area contributed by atoms with E-state index in [2.05, 4.69) is 0 Å². The highest BCUT2D eigenvalue weighted by Gasteiger charge is 2.37. The molecule has 126 valence electrons. The minimum atomic E-state index is -0.478. The van der Waals surface area contributed by atoms with E-state index in [4.69, 9.17) is 23.2 Å². The van der Waals surface area contributed by atoms with Crippen molar-refractivity contribution in [1.82, 2.24) is 9.80 Å². The summed E-state index contributed by atoms with van der Waals surface area (Å²) in [5.41, 5.74) is 0.556. The second kappa shape index (κ2) is 7.17. The van der Waals surface area contributed by atoms with E-state index in [1.54, 1.807) is 23.1 Å². The molecule has 1 aromatic rings. The van der Waals surface area contributed by atoms with Gasteiger partial charge in [0.25, 0.3) is 11.1 Å². The van der Waals surface area contributed by atoms with Gasteiger partial charge in [0.1, 0.15) is 6.54 Å². The van der Waals surface area contributed by atoms with Crippen LogP contribution in [0.3, 0.4) is 0 Å². The Balaban J connectivity index is 1.77. The average molecular weight is 385 g/mol. The van der Waals surface area contributed by atoms with Crippen molar-refractivity contribution in [2.75, 3.05) is 19.6 Å². The first kappa shape index (κ1) is 17.3. The Hall–Kier alpha value is -1.50. The molecule has 0 bridgehead atoms. The summed E-state index contributed by atoms with van der Waals surface area (Å²) in [6.45, 7) is 1.15. The summed E-state index contributed by atoms with van der Waals surface area (Å²) in [5.74, 6) is -0.676. The molecule has 2 heterocycles. The number of likely N-dealkylation sites (tertiary alicyclic amines) is 1. The second-order valence-corrected chi connectivity index (χ2v) is 7.28. The maximum Gasteiger partial charge on any atom is 0.294 e. The van der Waals surface area contributed by atoms with E-state index in [1.165, 1.54) is 6.08 Å². The molecule has 0 saturated carbocycles. The van der Waals surface area contributed by atoms with Crippen LogP contribution in [0.5, 0.6) is 0 Å². The summed E-state index contributed by atoms with van der Waals surface area (Å²) >= 11 is 12.9. The molecule has 0 unspecified atom stereocenters. The lowest BCUT2D eigenvalue weighted by molar-refractivity contribution is -0.135. The molecule has 0 atom stereocenters. The monoisotopic (exact) mass is 384 g/mol. The van der Waals surface area contributed by atoms with Gasteiger partial charge in [-0.2, -0.15) is 0 Å². The first-order valence-corrected chi connectivity index (χ1v) is 9.02. The summed E-state index contributed by atoms with van der Waals surface area (Å²) in [5, 5.41) is 0.241. The lowest BCUT2D eigenvalue weighted by Crippen LogP contribution is -2.40. The summed E-state index contributed by atoms with van der Waals surface area (Å²) < 4.78 is 0. The number of carbonyl (C=O) groups is 3. The summed E-state index contributed by atoms with van der Waals surface area (Å²) in [6.07, 6.45) is 3.45. The Labute approximate surface area is 153 Å². The number of carbonyl (C=O) groups excluding carboxylic acids is 3. The quantitative estimate of drug-likeness (QED) is 0.746. The van der Waals surface area contributed by atoms with Gasteiger partial charge in [0, 0.05) is 13.1 Å². The number of halogens is 2. The third-order valence-corrected chi connectivity index (χ3v) is 5.63. The standard InChI is InChI=1S/C16H14Cl2N2O3S/c17-11-5-3-4-10(14(11)18)8-12-15(22)20(16(23)24-12)9-13(21)19-6-1-2-7-19/h3-5,8H,1-2,6-7,9H2/b12-8+. The van der Waals surface area contributed by atoms with E-state index in [0.717, 1.165) is 29.5 Å². The van der Waals surface area contributed by atoms with Crippen molar-refractivity contribution in [2.45, 2.75) is 12.8 Å². The first-order valence-electron chi connectivity index (χ1n) is 7.44. The average Bonchev–Trinajstić information content (AvgIpc) is 3.17. The summed E-state index contributed by atoms with van der Waals surface area (Å²) in [6, 6.07) is 5.06. The number of imide groups is 1. The topological polar surface area (TPSA) is 57.7 Å². The number of amides is 3. The lowest BCUT2D eigenvalue weighted by Gasteiger charge is -2.18. The van der Waals surface area contributed by atoms with Crippen LogP contribution in [0.4, 0.5) is 4.79 Å². The molecule has 3 amide bonds. The number of benzene rings is 1. The normalized spacial score (nSPS) is 19.7. The van der Waals surface area contributed by atoms with Crippen LogP contribution in [0.2, 0.25) is 10.0 Å². The van der Waals surface area contributed by atoms with Gasteiger partial charge in [-0.25, -0.2) is 0 Å². The van der Waals surface area contributed by atoms with Crippen molar-refractivity contribution < 1.29 is 14.4 Å². The van der Waals surface area contributed by atoms with Gasteiger partial charge in [0.2, 0.25) is 5.91 Å². The number of rotatable bonds is 3. The fourth-order valence-corrected chi connectivity index (χ4v) is 3.80. The molecule has 0 aliphatic carbocycles. The Morgan fingerprint density at radius 1 is 1.21 bits per heavy atom. The SMILES string of the molecule is O=C(CN1C(=O)S/C(=C/c2cccc(Cl)c2Cl)C1=O)N1CCCC1. The highest BCUT2D eigenvalue weighted by atomic mass is 35.5. The van der Waals surface area contributed by atoms with Crippen LogP contribution in [0.25, 0.3) is 6.08 Å². The molecule has 0 spiro atoms. The van der Waals surface area contributed by atoms with Crippen molar-refractivity contribution >= 4 is 58.1 Å². The van der Waals surface area contributed by atoms with Gasteiger partial charge in [0.15, 0.2) is 0 Å². The molecule has 24 heavy (non-hydrogen) atoms. The van der Waals surface area contributed by atoms with E-state index in [9.17, 15) is 14.4 Å². The smallest absolute Gasteiger partial charge is 0.294 e. The third kappa shape index (κ3) is 3.45. The van der Waals surface area contributed by atoms with Gasteiger partial charge >= 0.3 is 0 Å². The molecule has 5 nitrogen and oxygen atoms in total. The maximum atomic E-state index is 12.4. The summed E-state index contributed by atoms with van der Waals surface area (Å²) in [4.78, 5) is 39.6. The van der Waals surface area contributed by atoms with Crippen LogP contribution in [0, 0.1) is 0 Å². The van der Waals surface area contributed by atoms with E-state index in [0.29, 0.717) is 28.7 Å². The zero-order chi connectivity index (χ0) is 17.3. The van der Waals surface area contributed by atoms with Crippen LogP contribution in [-0.4, -0.2) is 46.5 Å². The minimum absolute atomic E-state index is 0.197. The van der Waals surface area contributed by atoms with Gasteiger partial charge in [-0.15, -0.1) is 0 Å². The van der Waals surface area contributed by atoms with E-state index in [1.807, 2.05) is 0 Å². The molecule has 2 saturated heterocycles. The predicted molar refractivity (Wildman–Crippen MR) is 95.0 cm³/mol. The van der Waals surface area contributed by atoms with Gasteiger partial charge < -0.3 is 4.90 Å². The van der Waals surface area contributed by atoms with Crippen LogP contribution < -0.4 is 0 Å². The molecule has 0 aromatic heterocycles. The fourth-order valence-electron chi connectivity index (χ4n) is 2.61. The molecule has 2 aliphatic rings. The molecule has 2 fully saturated rings. The van der Waals surface area contributed by atoms with Gasteiger partial charge in [-0.1, -0.05) is 35.3 Å². The molecule has 8 heteroatoms. The van der Waals surface area contributed by atoms with Crippen molar-refractivity contribution in [2.24, 2.45) is 0 Å². The largest absolute Gasteiger partial charge is 0.341 e. The second-order valence-electron chi connectivity index (χ2n) is 5.50. The number of thioether (sulfide) groups is 1. The van der Waals surface area contributed by atoms with Crippen molar-refractivity contribution in [3.05, 3.63) is 38.7 Å². The predicted octanol–water partition coefficient (Wildman–Crippen LogP) is 3.65. The van der Waals surface area contributed by atoms with Crippen molar-refractivity contribution in [1.29, 1.82) is 0 Å². The molecule has 2 aliphatic heterocycles. The van der Waals surface area contributed by atoms with Crippen LogP contribution in [0.15, 0.2) is 23.1 Å².